The van der Waals surface area contributed by atoms with Gasteiger partial charge in [-0.3, -0.25) is 4.79 Å². The van der Waals surface area contributed by atoms with Gasteiger partial charge in [0.25, 0.3) is 0 Å². The Bertz CT molecular complexity index is 170. The molecular formula is C7H13F3N2O. The molecule has 3 nitrogen and oxygen atoms in total. The average molecular weight is 198 g/mol. The van der Waals surface area contributed by atoms with E-state index in [4.69, 9.17) is 0 Å². The molecule has 0 aromatic carbocycles. The summed E-state index contributed by atoms with van der Waals surface area (Å²) >= 11 is 0. The normalized spacial score (nSPS) is 13.9. The van der Waals surface area contributed by atoms with Gasteiger partial charge in [-0.15, -0.1) is 0 Å². The molecule has 0 aliphatic rings. The van der Waals surface area contributed by atoms with Crippen molar-refractivity contribution in [3.63, 3.8) is 0 Å². The van der Waals surface area contributed by atoms with Gasteiger partial charge >= 0.3 is 12.1 Å². The molecule has 0 rings (SSSR count). The van der Waals surface area contributed by atoms with E-state index >= 15 is 0 Å². The summed E-state index contributed by atoms with van der Waals surface area (Å²) in [5.41, 5.74) is 0. The van der Waals surface area contributed by atoms with Crippen molar-refractivity contribution in [2.24, 2.45) is 0 Å². The van der Waals surface area contributed by atoms with Crippen LogP contribution in [0.2, 0.25) is 0 Å². The summed E-state index contributed by atoms with van der Waals surface area (Å²) in [6.07, 6.45) is -4.31. The quantitative estimate of drug-likeness (QED) is 0.696. The fourth-order valence-corrected chi connectivity index (χ4v) is 0.739. The molecule has 78 valence electrons. The Morgan fingerprint density at radius 3 is 2.38 bits per heavy atom. The standard InChI is InChI=1S/C7H13F3N2O/c1-5(3-4-11-2)12-6(13)7(8,9)10/h5,11H,3-4H2,1-2H3,(H,12,13). The predicted molar refractivity (Wildman–Crippen MR) is 42.2 cm³/mol. The van der Waals surface area contributed by atoms with E-state index in [0.717, 1.165) is 0 Å². The Morgan fingerprint density at radius 2 is 2.00 bits per heavy atom. The third-order valence-electron chi connectivity index (χ3n) is 1.46. The third-order valence-corrected chi connectivity index (χ3v) is 1.46. The molecule has 0 saturated carbocycles. The molecule has 0 fully saturated rings. The van der Waals surface area contributed by atoms with E-state index in [-0.39, 0.29) is 0 Å². The maximum atomic E-state index is 11.7. The van der Waals surface area contributed by atoms with Crippen LogP contribution in [0, 0.1) is 0 Å². The first kappa shape index (κ1) is 12.2. The highest BCUT2D eigenvalue weighted by atomic mass is 19.4. The Morgan fingerprint density at radius 1 is 1.46 bits per heavy atom. The minimum absolute atomic E-state index is 0.471. The van der Waals surface area contributed by atoms with Gasteiger partial charge in [-0.2, -0.15) is 13.2 Å². The molecule has 0 aromatic rings. The smallest absolute Gasteiger partial charge is 0.346 e. The predicted octanol–water partition coefficient (Wildman–Crippen LogP) is 0.663. The Hall–Kier alpha value is -0.780. The minimum Gasteiger partial charge on any atom is -0.346 e. The van der Waals surface area contributed by atoms with Crippen molar-refractivity contribution in [2.75, 3.05) is 13.6 Å². The Balaban J connectivity index is 3.79. The number of nitrogens with one attached hydrogen (secondary N) is 2. The number of carbonyl (C=O) groups excluding carboxylic acids is 1. The van der Waals surface area contributed by atoms with Crippen molar-refractivity contribution in [3.8, 4) is 0 Å². The van der Waals surface area contributed by atoms with Crippen LogP contribution in [0.1, 0.15) is 13.3 Å². The molecule has 0 aliphatic heterocycles. The summed E-state index contributed by atoms with van der Waals surface area (Å²) in [5, 5.41) is 4.63. The van der Waals surface area contributed by atoms with E-state index in [9.17, 15) is 18.0 Å². The van der Waals surface area contributed by atoms with Gasteiger partial charge in [0.05, 0.1) is 0 Å². The lowest BCUT2D eigenvalue weighted by Crippen LogP contribution is -2.42. The molecule has 0 saturated heterocycles. The molecule has 0 aliphatic carbocycles. The average Bonchev–Trinajstić information content (AvgIpc) is 1.99. The van der Waals surface area contributed by atoms with Crippen LogP contribution in [-0.2, 0) is 4.79 Å². The molecule has 0 spiro atoms. The van der Waals surface area contributed by atoms with Gasteiger partial charge in [-0.25, -0.2) is 0 Å². The summed E-state index contributed by atoms with van der Waals surface area (Å²) in [7, 11) is 1.69. The SMILES string of the molecule is CNCCC(C)NC(=O)C(F)(F)F. The fourth-order valence-electron chi connectivity index (χ4n) is 0.739. The summed E-state index contributed by atoms with van der Waals surface area (Å²) in [6.45, 7) is 2.10. The highest BCUT2D eigenvalue weighted by Crippen LogP contribution is 2.14. The summed E-state index contributed by atoms with van der Waals surface area (Å²) < 4.78 is 35.1. The number of alkyl halides is 3. The van der Waals surface area contributed by atoms with Crippen LogP contribution in [-0.4, -0.2) is 31.7 Å². The van der Waals surface area contributed by atoms with Crippen LogP contribution in [0.3, 0.4) is 0 Å². The van der Waals surface area contributed by atoms with Gasteiger partial charge in [-0.05, 0) is 26.9 Å². The van der Waals surface area contributed by atoms with Crippen molar-refractivity contribution in [2.45, 2.75) is 25.6 Å². The van der Waals surface area contributed by atoms with Crippen molar-refractivity contribution in [1.29, 1.82) is 0 Å². The van der Waals surface area contributed by atoms with Gasteiger partial charge in [-0.1, -0.05) is 0 Å². The zero-order valence-corrected chi connectivity index (χ0v) is 7.53. The maximum absolute atomic E-state index is 11.7. The lowest BCUT2D eigenvalue weighted by molar-refractivity contribution is -0.174. The van der Waals surface area contributed by atoms with E-state index in [1.165, 1.54) is 6.92 Å². The second-order valence-electron chi connectivity index (χ2n) is 2.76. The molecule has 2 N–H and O–H groups in total. The van der Waals surface area contributed by atoms with Crippen LogP contribution in [0.25, 0.3) is 0 Å². The van der Waals surface area contributed by atoms with E-state index < -0.39 is 18.1 Å². The molecule has 1 unspecified atom stereocenters. The number of hydrogen-bond acceptors (Lipinski definition) is 2. The molecule has 0 radical (unpaired) electrons. The lowest BCUT2D eigenvalue weighted by atomic mass is 10.2. The lowest BCUT2D eigenvalue weighted by Gasteiger charge is -2.14. The van der Waals surface area contributed by atoms with Crippen molar-refractivity contribution >= 4 is 5.91 Å². The van der Waals surface area contributed by atoms with Gasteiger partial charge < -0.3 is 10.6 Å². The molecule has 1 amide bonds. The monoisotopic (exact) mass is 198 g/mol. The van der Waals surface area contributed by atoms with Crippen molar-refractivity contribution in [3.05, 3.63) is 0 Å². The first-order chi connectivity index (χ1) is 5.88. The molecular weight excluding hydrogens is 185 g/mol. The zero-order valence-electron chi connectivity index (χ0n) is 7.53. The number of halogens is 3. The summed E-state index contributed by atoms with van der Waals surface area (Å²) in [6, 6.07) is -0.471. The molecule has 13 heavy (non-hydrogen) atoms. The zero-order chi connectivity index (χ0) is 10.5. The first-order valence-corrected chi connectivity index (χ1v) is 3.90. The third kappa shape index (κ3) is 5.46. The van der Waals surface area contributed by atoms with E-state index in [1.54, 1.807) is 7.05 Å². The van der Waals surface area contributed by atoms with Gasteiger partial charge in [0.15, 0.2) is 0 Å². The van der Waals surface area contributed by atoms with Gasteiger partial charge in [0, 0.05) is 6.04 Å². The number of hydrogen-bond donors (Lipinski definition) is 2. The van der Waals surface area contributed by atoms with Crippen LogP contribution < -0.4 is 10.6 Å². The van der Waals surface area contributed by atoms with Crippen LogP contribution in [0.4, 0.5) is 13.2 Å². The minimum atomic E-state index is -4.78. The van der Waals surface area contributed by atoms with Crippen molar-refractivity contribution in [1.82, 2.24) is 10.6 Å². The highest BCUT2D eigenvalue weighted by Gasteiger charge is 2.38. The first-order valence-electron chi connectivity index (χ1n) is 3.90. The number of rotatable bonds is 4. The summed E-state index contributed by atoms with van der Waals surface area (Å²) in [5.74, 6) is -1.88. The van der Waals surface area contributed by atoms with E-state index in [0.29, 0.717) is 13.0 Å². The molecule has 0 bridgehead atoms. The van der Waals surface area contributed by atoms with Gasteiger partial charge in [0.2, 0.25) is 0 Å². The van der Waals surface area contributed by atoms with Crippen molar-refractivity contribution < 1.29 is 18.0 Å². The molecule has 1 atom stereocenters. The molecule has 6 heteroatoms. The van der Waals surface area contributed by atoms with Crippen LogP contribution >= 0.6 is 0 Å². The topological polar surface area (TPSA) is 41.1 Å². The van der Waals surface area contributed by atoms with Crippen LogP contribution in [0.15, 0.2) is 0 Å². The second-order valence-corrected chi connectivity index (χ2v) is 2.76. The second kappa shape index (κ2) is 5.06. The largest absolute Gasteiger partial charge is 0.471 e. The Kier molecular flexibility index (Phi) is 4.76. The fraction of sp³-hybridized carbons (Fsp3) is 0.857. The number of amides is 1. The van der Waals surface area contributed by atoms with E-state index in [2.05, 4.69) is 5.32 Å². The summed E-state index contributed by atoms with van der Waals surface area (Å²) in [4.78, 5) is 10.4. The van der Waals surface area contributed by atoms with E-state index in [1.807, 2.05) is 5.32 Å². The molecule has 0 heterocycles. The van der Waals surface area contributed by atoms with Crippen LogP contribution in [0.5, 0.6) is 0 Å². The Labute approximate surface area is 74.7 Å². The molecule has 0 aromatic heterocycles. The van der Waals surface area contributed by atoms with Gasteiger partial charge in [0.1, 0.15) is 0 Å². The number of carbonyl (C=O) groups is 1. The highest BCUT2D eigenvalue weighted by molar-refractivity contribution is 5.81. The maximum Gasteiger partial charge on any atom is 0.471 e.